The molecular formula is C21H24N2O4. The van der Waals surface area contributed by atoms with Crippen LogP contribution in [0.3, 0.4) is 0 Å². The number of hydrogen-bond donors (Lipinski definition) is 0. The van der Waals surface area contributed by atoms with Gasteiger partial charge < -0.3 is 14.2 Å². The van der Waals surface area contributed by atoms with Crippen molar-refractivity contribution in [2.45, 2.75) is 26.3 Å². The van der Waals surface area contributed by atoms with Gasteiger partial charge in [0, 0.05) is 18.9 Å². The quantitative estimate of drug-likeness (QED) is 0.807. The molecule has 0 aliphatic carbocycles. The minimum absolute atomic E-state index is 0.0944. The number of hydrazone groups is 1. The van der Waals surface area contributed by atoms with Crippen molar-refractivity contribution in [1.29, 1.82) is 0 Å². The number of rotatable bonds is 5. The Hall–Kier alpha value is -3.02. The Morgan fingerprint density at radius 3 is 2.11 bits per heavy atom. The van der Waals surface area contributed by atoms with Gasteiger partial charge in [-0.05, 0) is 24.6 Å². The summed E-state index contributed by atoms with van der Waals surface area (Å²) in [5.74, 6) is 1.55. The van der Waals surface area contributed by atoms with E-state index in [9.17, 15) is 4.79 Å². The SMILES string of the molecule is COc1cc(C2=NN(C(C)=O)[C@H](c3ccc(C)cc3)C2)cc(OC)c1OC. The summed E-state index contributed by atoms with van der Waals surface area (Å²) in [6.45, 7) is 3.57. The number of nitrogens with zero attached hydrogens (tertiary/aromatic N) is 2. The van der Waals surface area contributed by atoms with E-state index in [1.54, 1.807) is 26.3 Å². The molecule has 0 radical (unpaired) electrons. The fourth-order valence-electron chi connectivity index (χ4n) is 3.27. The Morgan fingerprint density at radius 1 is 1.04 bits per heavy atom. The third kappa shape index (κ3) is 3.60. The lowest BCUT2D eigenvalue weighted by atomic mass is 9.97. The summed E-state index contributed by atoms with van der Waals surface area (Å²) in [5, 5.41) is 6.14. The standard InChI is InChI=1S/C21H24N2O4/c1-13-6-8-15(9-7-13)18-12-17(22-23(18)14(2)24)16-10-19(25-3)21(27-5)20(11-16)26-4/h6-11,18H,12H2,1-5H3/t18-/m0/s1. The van der Waals surface area contributed by atoms with Crippen LogP contribution in [0, 0.1) is 6.92 Å². The summed E-state index contributed by atoms with van der Waals surface area (Å²) in [7, 11) is 4.72. The highest BCUT2D eigenvalue weighted by Gasteiger charge is 2.32. The Bertz CT molecular complexity index is 849. The first-order valence-corrected chi connectivity index (χ1v) is 8.72. The second-order valence-corrected chi connectivity index (χ2v) is 6.45. The minimum atomic E-state index is -0.128. The topological polar surface area (TPSA) is 60.4 Å². The first-order valence-electron chi connectivity index (χ1n) is 8.72. The maximum atomic E-state index is 12.2. The van der Waals surface area contributed by atoms with E-state index in [2.05, 4.69) is 5.10 Å². The van der Waals surface area contributed by atoms with E-state index in [-0.39, 0.29) is 11.9 Å². The van der Waals surface area contributed by atoms with E-state index in [0.29, 0.717) is 23.7 Å². The van der Waals surface area contributed by atoms with Gasteiger partial charge in [0.15, 0.2) is 11.5 Å². The van der Waals surface area contributed by atoms with Gasteiger partial charge >= 0.3 is 0 Å². The summed E-state index contributed by atoms with van der Waals surface area (Å²) in [5.41, 5.74) is 3.87. The molecule has 0 bridgehead atoms. The van der Waals surface area contributed by atoms with Gasteiger partial charge in [-0.2, -0.15) is 5.10 Å². The van der Waals surface area contributed by atoms with Gasteiger partial charge in [0.05, 0.1) is 33.1 Å². The van der Waals surface area contributed by atoms with Crippen molar-refractivity contribution in [1.82, 2.24) is 5.01 Å². The zero-order valence-electron chi connectivity index (χ0n) is 16.3. The van der Waals surface area contributed by atoms with Crippen LogP contribution in [0.5, 0.6) is 17.2 Å². The lowest BCUT2D eigenvalue weighted by molar-refractivity contribution is -0.130. The molecule has 0 fully saturated rings. The van der Waals surface area contributed by atoms with Gasteiger partial charge in [0.1, 0.15) is 0 Å². The number of methoxy groups -OCH3 is 3. The molecule has 142 valence electrons. The fraction of sp³-hybridized carbons (Fsp3) is 0.333. The summed E-state index contributed by atoms with van der Waals surface area (Å²) in [4.78, 5) is 12.2. The first kappa shape index (κ1) is 18.8. The molecule has 0 spiro atoms. The molecule has 0 unspecified atom stereocenters. The molecule has 1 atom stereocenters. The molecule has 0 N–H and O–H groups in total. The number of amides is 1. The lowest BCUT2D eigenvalue weighted by Gasteiger charge is -2.20. The van der Waals surface area contributed by atoms with E-state index < -0.39 is 0 Å². The molecule has 0 saturated carbocycles. The lowest BCUT2D eigenvalue weighted by Crippen LogP contribution is -2.24. The van der Waals surface area contributed by atoms with Crippen LogP contribution in [0.4, 0.5) is 0 Å². The Morgan fingerprint density at radius 2 is 1.63 bits per heavy atom. The molecular weight excluding hydrogens is 344 g/mol. The number of carbonyl (C=O) groups excluding carboxylic acids is 1. The van der Waals surface area contributed by atoms with Crippen LogP contribution in [0.2, 0.25) is 0 Å². The van der Waals surface area contributed by atoms with Gasteiger partial charge in [0.2, 0.25) is 11.7 Å². The third-order valence-corrected chi connectivity index (χ3v) is 4.69. The Balaban J connectivity index is 2.01. The van der Waals surface area contributed by atoms with Crippen molar-refractivity contribution in [3.8, 4) is 17.2 Å². The third-order valence-electron chi connectivity index (χ3n) is 4.69. The predicted octanol–water partition coefficient (Wildman–Crippen LogP) is 3.72. The second-order valence-electron chi connectivity index (χ2n) is 6.45. The summed E-state index contributed by atoms with van der Waals surface area (Å²) >= 11 is 0. The van der Waals surface area contributed by atoms with E-state index in [1.807, 2.05) is 43.3 Å². The van der Waals surface area contributed by atoms with Gasteiger partial charge in [-0.25, -0.2) is 5.01 Å². The molecule has 1 heterocycles. The van der Waals surface area contributed by atoms with Crippen molar-refractivity contribution in [3.05, 3.63) is 53.1 Å². The van der Waals surface area contributed by atoms with Gasteiger partial charge in [-0.15, -0.1) is 0 Å². The zero-order valence-corrected chi connectivity index (χ0v) is 16.3. The van der Waals surface area contributed by atoms with E-state index in [1.165, 1.54) is 12.5 Å². The van der Waals surface area contributed by atoms with E-state index in [4.69, 9.17) is 14.2 Å². The predicted molar refractivity (Wildman–Crippen MR) is 104 cm³/mol. The average molecular weight is 368 g/mol. The van der Waals surface area contributed by atoms with Gasteiger partial charge in [-0.3, -0.25) is 4.79 Å². The van der Waals surface area contributed by atoms with Gasteiger partial charge in [-0.1, -0.05) is 29.8 Å². The van der Waals surface area contributed by atoms with Crippen LogP contribution in [-0.2, 0) is 4.79 Å². The smallest absolute Gasteiger partial charge is 0.240 e. The monoisotopic (exact) mass is 368 g/mol. The highest BCUT2D eigenvalue weighted by atomic mass is 16.5. The fourth-order valence-corrected chi connectivity index (χ4v) is 3.27. The molecule has 6 heteroatoms. The van der Waals surface area contributed by atoms with E-state index in [0.717, 1.165) is 16.8 Å². The highest BCUT2D eigenvalue weighted by molar-refractivity contribution is 6.04. The molecule has 2 aromatic carbocycles. The Kier molecular flexibility index (Phi) is 5.35. The van der Waals surface area contributed by atoms with Crippen LogP contribution in [0.15, 0.2) is 41.5 Å². The first-order chi connectivity index (χ1) is 13.0. The summed E-state index contributed by atoms with van der Waals surface area (Å²) in [6.07, 6.45) is 0.612. The molecule has 0 aromatic heterocycles. The molecule has 1 amide bonds. The molecule has 1 aliphatic heterocycles. The molecule has 0 saturated heterocycles. The number of ether oxygens (including phenoxy) is 3. The number of aryl methyl sites for hydroxylation is 1. The van der Waals surface area contributed by atoms with Crippen molar-refractivity contribution in [3.63, 3.8) is 0 Å². The Labute approximate surface area is 159 Å². The van der Waals surface area contributed by atoms with Crippen LogP contribution in [-0.4, -0.2) is 38.0 Å². The van der Waals surface area contributed by atoms with Crippen molar-refractivity contribution >= 4 is 11.6 Å². The maximum absolute atomic E-state index is 12.2. The number of carbonyl (C=O) groups is 1. The molecule has 1 aliphatic rings. The summed E-state index contributed by atoms with van der Waals surface area (Å²) < 4.78 is 16.3. The van der Waals surface area contributed by atoms with Crippen LogP contribution < -0.4 is 14.2 Å². The largest absolute Gasteiger partial charge is 0.493 e. The summed E-state index contributed by atoms with van der Waals surface area (Å²) in [6, 6.07) is 11.8. The van der Waals surface area contributed by atoms with Gasteiger partial charge in [0.25, 0.3) is 0 Å². The van der Waals surface area contributed by atoms with Crippen LogP contribution in [0.1, 0.15) is 36.1 Å². The maximum Gasteiger partial charge on any atom is 0.240 e. The van der Waals surface area contributed by atoms with E-state index >= 15 is 0 Å². The normalized spacial score (nSPS) is 16.1. The molecule has 3 rings (SSSR count). The van der Waals surface area contributed by atoms with Crippen molar-refractivity contribution < 1.29 is 19.0 Å². The second kappa shape index (κ2) is 7.70. The highest BCUT2D eigenvalue weighted by Crippen LogP contribution is 2.40. The number of benzene rings is 2. The molecule has 6 nitrogen and oxygen atoms in total. The van der Waals surface area contributed by atoms with Crippen LogP contribution in [0.25, 0.3) is 0 Å². The zero-order chi connectivity index (χ0) is 19.6. The number of hydrogen-bond acceptors (Lipinski definition) is 5. The van der Waals surface area contributed by atoms with Crippen LogP contribution >= 0.6 is 0 Å². The molecule has 2 aromatic rings. The van der Waals surface area contributed by atoms with Crippen molar-refractivity contribution in [2.75, 3.05) is 21.3 Å². The van der Waals surface area contributed by atoms with Crippen molar-refractivity contribution in [2.24, 2.45) is 5.10 Å². The minimum Gasteiger partial charge on any atom is -0.493 e. The molecule has 27 heavy (non-hydrogen) atoms. The average Bonchev–Trinajstić information content (AvgIpc) is 3.13.